The number of fused-ring (bicyclic) bond motifs is 1. The summed E-state index contributed by atoms with van der Waals surface area (Å²) in [6.45, 7) is 5.38. The highest BCUT2D eigenvalue weighted by atomic mass is 16.5. The number of carbonyl (C=O) groups is 2. The molecular formula is C22H27N3O4. The predicted octanol–water partition coefficient (Wildman–Crippen LogP) is 2.99. The van der Waals surface area contributed by atoms with Crippen molar-refractivity contribution in [2.75, 3.05) is 30.0 Å². The predicted molar refractivity (Wildman–Crippen MR) is 112 cm³/mol. The molecule has 2 aromatic carbocycles. The van der Waals surface area contributed by atoms with E-state index in [2.05, 4.69) is 10.6 Å². The highest BCUT2D eigenvalue weighted by Gasteiger charge is 2.51. The normalized spacial score (nSPS) is 18.2. The van der Waals surface area contributed by atoms with Crippen LogP contribution >= 0.6 is 0 Å². The number of benzene rings is 2. The zero-order valence-corrected chi connectivity index (χ0v) is 16.8. The molecule has 3 N–H and O–H groups in total. The summed E-state index contributed by atoms with van der Waals surface area (Å²) in [7, 11) is 0. The number of nitrogens with zero attached hydrogens (tertiary/aromatic N) is 1. The van der Waals surface area contributed by atoms with E-state index in [0.717, 1.165) is 16.9 Å². The molecule has 0 radical (unpaired) electrons. The molecule has 29 heavy (non-hydrogen) atoms. The molecule has 3 amide bonds. The first-order valence-corrected chi connectivity index (χ1v) is 9.90. The van der Waals surface area contributed by atoms with E-state index in [1.165, 1.54) is 0 Å². The smallest absolute Gasteiger partial charge is 0.329 e. The molecule has 0 fully saturated rings. The average Bonchev–Trinajstić information content (AvgIpc) is 2.74. The lowest BCUT2D eigenvalue weighted by atomic mass is 9.94. The molecule has 3 rings (SSSR count). The Morgan fingerprint density at radius 2 is 1.90 bits per heavy atom. The standard InChI is InChI=1S/C22H27N3O4/c1-3-16-10-12-17(13-11-16)25-21(27)24-19-9-6-5-8-18(19)22(25,28)20(26)23-14-7-15-29-4-2/h5-6,8-13,28H,3-4,7,14-15H2,1-2H3,(H,23,26)(H,24,27)/t22-/m0/s1. The lowest BCUT2D eigenvalue weighted by molar-refractivity contribution is -0.140. The van der Waals surface area contributed by atoms with E-state index in [1.807, 2.05) is 26.0 Å². The van der Waals surface area contributed by atoms with Gasteiger partial charge in [0.25, 0.3) is 11.6 Å². The summed E-state index contributed by atoms with van der Waals surface area (Å²) in [5.41, 5.74) is 0.0853. The van der Waals surface area contributed by atoms with Gasteiger partial charge in [-0.25, -0.2) is 4.79 Å². The summed E-state index contributed by atoms with van der Waals surface area (Å²) < 4.78 is 5.28. The van der Waals surface area contributed by atoms with Crippen molar-refractivity contribution < 1.29 is 19.4 Å². The summed E-state index contributed by atoms with van der Waals surface area (Å²) in [6.07, 6.45) is 1.45. The molecule has 0 saturated heterocycles. The highest BCUT2D eigenvalue weighted by molar-refractivity contribution is 6.11. The van der Waals surface area contributed by atoms with Crippen LogP contribution in [0.3, 0.4) is 0 Å². The van der Waals surface area contributed by atoms with Crippen molar-refractivity contribution in [2.24, 2.45) is 0 Å². The fraction of sp³-hybridized carbons (Fsp3) is 0.364. The number of aliphatic hydroxyl groups is 1. The number of nitrogens with one attached hydrogen (secondary N) is 2. The Balaban J connectivity index is 1.96. The molecule has 0 spiro atoms. The molecule has 1 heterocycles. The Hall–Kier alpha value is -2.90. The molecule has 7 nitrogen and oxygen atoms in total. The quantitative estimate of drug-likeness (QED) is 0.597. The van der Waals surface area contributed by atoms with Gasteiger partial charge in [-0.2, -0.15) is 0 Å². The summed E-state index contributed by atoms with van der Waals surface area (Å²) in [4.78, 5) is 27.1. The molecule has 0 saturated carbocycles. The number of anilines is 2. The van der Waals surface area contributed by atoms with Crippen LogP contribution in [0.2, 0.25) is 0 Å². The van der Waals surface area contributed by atoms with E-state index in [0.29, 0.717) is 43.1 Å². The van der Waals surface area contributed by atoms with Crippen LogP contribution in [-0.2, 0) is 21.7 Å². The van der Waals surface area contributed by atoms with Crippen molar-refractivity contribution in [1.82, 2.24) is 5.32 Å². The van der Waals surface area contributed by atoms with Gasteiger partial charge in [-0.05, 0) is 43.5 Å². The van der Waals surface area contributed by atoms with Gasteiger partial charge in [-0.15, -0.1) is 0 Å². The maximum absolute atomic E-state index is 13.1. The molecule has 1 aliphatic heterocycles. The topological polar surface area (TPSA) is 90.9 Å². The van der Waals surface area contributed by atoms with E-state index in [-0.39, 0.29) is 0 Å². The van der Waals surface area contributed by atoms with Gasteiger partial charge in [0.1, 0.15) is 0 Å². The molecule has 0 unspecified atom stereocenters. The van der Waals surface area contributed by atoms with Crippen LogP contribution in [0.15, 0.2) is 48.5 Å². The van der Waals surface area contributed by atoms with Crippen LogP contribution in [0.5, 0.6) is 0 Å². The minimum Gasteiger partial charge on any atom is -0.382 e. The van der Waals surface area contributed by atoms with Crippen molar-refractivity contribution in [3.05, 3.63) is 59.7 Å². The molecule has 0 aromatic heterocycles. The molecule has 2 aromatic rings. The Labute approximate surface area is 170 Å². The van der Waals surface area contributed by atoms with Crippen LogP contribution in [0.25, 0.3) is 0 Å². The maximum Gasteiger partial charge on any atom is 0.329 e. The van der Waals surface area contributed by atoms with Crippen LogP contribution in [0.1, 0.15) is 31.4 Å². The summed E-state index contributed by atoms with van der Waals surface area (Å²) in [5.74, 6) is -0.657. The van der Waals surface area contributed by atoms with Crippen molar-refractivity contribution in [2.45, 2.75) is 32.4 Å². The molecular weight excluding hydrogens is 370 g/mol. The minimum atomic E-state index is -2.17. The average molecular weight is 397 g/mol. The third-order valence-electron chi connectivity index (χ3n) is 4.95. The third-order valence-corrected chi connectivity index (χ3v) is 4.95. The number of aryl methyl sites for hydroxylation is 1. The van der Waals surface area contributed by atoms with Gasteiger partial charge < -0.3 is 20.5 Å². The van der Waals surface area contributed by atoms with Gasteiger partial charge in [0.2, 0.25) is 0 Å². The first-order chi connectivity index (χ1) is 14.0. The number of hydrogen-bond donors (Lipinski definition) is 3. The Bertz CT molecular complexity index is 869. The number of para-hydroxylation sites is 1. The molecule has 7 heteroatoms. The van der Waals surface area contributed by atoms with Crippen LogP contribution in [0.4, 0.5) is 16.2 Å². The summed E-state index contributed by atoms with van der Waals surface area (Å²) >= 11 is 0. The van der Waals surface area contributed by atoms with Gasteiger partial charge in [-0.3, -0.25) is 9.69 Å². The van der Waals surface area contributed by atoms with Gasteiger partial charge in [-0.1, -0.05) is 37.3 Å². The summed E-state index contributed by atoms with van der Waals surface area (Å²) in [6, 6.07) is 13.4. The van der Waals surface area contributed by atoms with Crippen molar-refractivity contribution in [3.8, 4) is 0 Å². The fourth-order valence-corrected chi connectivity index (χ4v) is 3.39. The van der Waals surface area contributed by atoms with Gasteiger partial charge in [0.05, 0.1) is 5.69 Å². The fourth-order valence-electron chi connectivity index (χ4n) is 3.39. The van der Waals surface area contributed by atoms with E-state index in [4.69, 9.17) is 4.74 Å². The van der Waals surface area contributed by atoms with Gasteiger partial charge in [0.15, 0.2) is 0 Å². The number of ether oxygens (including phenoxy) is 1. The number of rotatable bonds is 8. The second-order valence-corrected chi connectivity index (χ2v) is 6.81. The van der Waals surface area contributed by atoms with Crippen LogP contribution in [-0.4, -0.2) is 36.8 Å². The van der Waals surface area contributed by atoms with Crippen LogP contribution < -0.4 is 15.5 Å². The monoisotopic (exact) mass is 397 g/mol. The second-order valence-electron chi connectivity index (χ2n) is 6.81. The maximum atomic E-state index is 13.1. The molecule has 0 aliphatic carbocycles. The SMILES string of the molecule is CCOCCCNC(=O)[C@@]1(O)c2ccccc2NC(=O)N1c1ccc(CC)cc1. The first-order valence-electron chi connectivity index (χ1n) is 9.90. The van der Waals surface area contributed by atoms with E-state index < -0.39 is 17.7 Å². The molecule has 1 aliphatic rings. The number of hydrogen-bond acceptors (Lipinski definition) is 4. The highest BCUT2D eigenvalue weighted by Crippen LogP contribution is 2.39. The lowest BCUT2D eigenvalue weighted by Gasteiger charge is -2.42. The van der Waals surface area contributed by atoms with Crippen molar-refractivity contribution in [3.63, 3.8) is 0 Å². The largest absolute Gasteiger partial charge is 0.382 e. The minimum absolute atomic E-state index is 0.321. The van der Waals surface area contributed by atoms with Crippen molar-refractivity contribution >= 4 is 23.3 Å². The molecule has 1 atom stereocenters. The number of amides is 3. The Morgan fingerprint density at radius 3 is 2.59 bits per heavy atom. The van der Waals surface area contributed by atoms with E-state index >= 15 is 0 Å². The Kier molecular flexibility index (Phi) is 6.51. The zero-order valence-electron chi connectivity index (χ0n) is 16.8. The second kappa shape index (κ2) is 9.07. The third kappa shape index (κ3) is 4.11. The number of carbonyl (C=O) groups excluding carboxylic acids is 2. The van der Waals surface area contributed by atoms with Gasteiger partial charge >= 0.3 is 6.03 Å². The van der Waals surface area contributed by atoms with E-state index in [9.17, 15) is 14.7 Å². The molecule has 0 bridgehead atoms. The van der Waals surface area contributed by atoms with Crippen LogP contribution in [0, 0.1) is 0 Å². The Morgan fingerprint density at radius 1 is 1.17 bits per heavy atom. The van der Waals surface area contributed by atoms with Crippen molar-refractivity contribution in [1.29, 1.82) is 0 Å². The molecule has 154 valence electrons. The zero-order chi connectivity index (χ0) is 20.9. The van der Waals surface area contributed by atoms with Gasteiger partial charge in [0, 0.05) is 31.0 Å². The first kappa shape index (κ1) is 20.8. The van der Waals surface area contributed by atoms with E-state index in [1.54, 1.807) is 36.4 Å². The summed E-state index contributed by atoms with van der Waals surface area (Å²) in [5, 5.41) is 17.1. The number of urea groups is 1. The lowest BCUT2D eigenvalue weighted by Crippen LogP contribution is -2.62.